The van der Waals surface area contributed by atoms with E-state index in [0.717, 1.165) is 32.1 Å². The molecule has 0 N–H and O–H groups in total. The number of hydrogen-bond acceptors (Lipinski definition) is 3. The molecule has 1 aromatic rings. The number of anilines is 1. The molecule has 1 fully saturated rings. The third-order valence-corrected chi connectivity index (χ3v) is 5.06. The molecule has 7 heteroatoms. The maximum atomic E-state index is 12.7. The molecule has 28 heavy (non-hydrogen) atoms. The van der Waals surface area contributed by atoms with Crippen molar-refractivity contribution in [3.05, 3.63) is 29.3 Å². The molecule has 1 aliphatic rings. The van der Waals surface area contributed by atoms with Gasteiger partial charge in [0, 0.05) is 23.7 Å². The Bertz CT molecular complexity index is 695. The average molecular weight is 408 g/mol. The van der Waals surface area contributed by atoms with E-state index in [2.05, 4.69) is 6.92 Å². The van der Waals surface area contributed by atoms with Crippen LogP contribution < -0.4 is 4.90 Å². The van der Waals surface area contributed by atoms with E-state index in [1.807, 2.05) is 6.92 Å². The molecular formula is C21H30ClN3O3. The molecule has 0 unspecified atom stereocenters. The summed E-state index contributed by atoms with van der Waals surface area (Å²) in [6.07, 6.45) is 5.40. The van der Waals surface area contributed by atoms with Gasteiger partial charge in [0.05, 0.1) is 6.54 Å². The van der Waals surface area contributed by atoms with Gasteiger partial charge in [-0.05, 0) is 31.0 Å². The summed E-state index contributed by atoms with van der Waals surface area (Å²) in [6, 6.07) is 7.01. The third-order valence-electron chi connectivity index (χ3n) is 4.83. The van der Waals surface area contributed by atoms with Crippen LogP contribution >= 0.6 is 11.6 Å². The summed E-state index contributed by atoms with van der Waals surface area (Å²) in [6.45, 7) is 4.91. The van der Waals surface area contributed by atoms with Gasteiger partial charge in [0.25, 0.3) is 0 Å². The van der Waals surface area contributed by atoms with Gasteiger partial charge in [-0.25, -0.2) is 0 Å². The van der Waals surface area contributed by atoms with Crippen LogP contribution in [0.3, 0.4) is 0 Å². The Labute approximate surface area is 172 Å². The summed E-state index contributed by atoms with van der Waals surface area (Å²) in [5.41, 5.74) is 0.671. The summed E-state index contributed by atoms with van der Waals surface area (Å²) in [5.74, 6) is -0.333. The second-order valence-electron chi connectivity index (χ2n) is 7.16. The molecule has 6 nitrogen and oxygen atoms in total. The number of carbonyl (C=O) groups is 3. The van der Waals surface area contributed by atoms with Crippen molar-refractivity contribution in [2.75, 3.05) is 31.2 Å². The molecular weight excluding hydrogens is 378 g/mol. The fraction of sp³-hybridized carbons (Fsp3) is 0.571. The summed E-state index contributed by atoms with van der Waals surface area (Å²) < 4.78 is 0. The molecule has 0 spiro atoms. The predicted molar refractivity (Wildman–Crippen MR) is 111 cm³/mol. The second kappa shape index (κ2) is 11.1. The van der Waals surface area contributed by atoms with Crippen LogP contribution in [0.15, 0.2) is 24.3 Å². The Kier molecular flexibility index (Phi) is 8.77. The topological polar surface area (TPSA) is 60.9 Å². The fourth-order valence-electron chi connectivity index (χ4n) is 3.27. The number of hydrogen-bond donors (Lipinski definition) is 0. The minimum atomic E-state index is -0.201. The Morgan fingerprint density at radius 3 is 2.61 bits per heavy atom. The number of carbonyl (C=O) groups excluding carboxylic acids is 3. The highest BCUT2D eigenvalue weighted by atomic mass is 35.5. The molecule has 0 bridgehead atoms. The molecule has 0 radical (unpaired) electrons. The number of amides is 3. The summed E-state index contributed by atoms with van der Waals surface area (Å²) in [4.78, 5) is 42.2. The monoisotopic (exact) mass is 407 g/mol. The minimum absolute atomic E-state index is 0.0172. The summed E-state index contributed by atoms with van der Waals surface area (Å²) in [5, 5.41) is 0.540. The van der Waals surface area contributed by atoms with Crippen molar-refractivity contribution in [3.8, 4) is 0 Å². The number of benzene rings is 1. The molecule has 1 heterocycles. The Morgan fingerprint density at radius 1 is 1.14 bits per heavy atom. The number of unbranched alkanes of at least 4 members (excludes halogenated alkanes) is 3. The van der Waals surface area contributed by atoms with Crippen LogP contribution in [0.25, 0.3) is 0 Å². The van der Waals surface area contributed by atoms with E-state index >= 15 is 0 Å². The van der Waals surface area contributed by atoms with E-state index in [4.69, 9.17) is 11.6 Å². The van der Waals surface area contributed by atoms with Gasteiger partial charge in [0.15, 0.2) is 0 Å². The molecule has 0 aromatic heterocycles. The largest absolute Gasteiger partial charge is 0.333 e. The van der Waals surface area contributed by atoms with Gasteiger partial charge in [0.2, 0.25) is 17.7 Å². The smallest absolute Gasteiger partial charge is 0.248 e. The van der Waals surface area contributed by atoms with Crippen molar-refractivity contribution in [2.45, 2.75) is 52.4 Å². The lowest BCUT2D eigenvalue weighted by Crippen LogP contribution is -2.43. The van der Waals surface area contributed by atoms with Crippen molar-refractivity contribution in [2.24, 2.45) is 0 Å². The van der Waals surface area contributed by atoms with Gasteiger partial charge >= 0.3 is 0 Å². The quantitative estimate of drug-likeness (QED) is 0.556. The standard InChI is InChI=1S/C21H30ClN3O3/c1-3-5-6-7-11-19(26)23(12-4-2)14-20(27)24-15-21(28)25(16-24)18-10-8-9-17(22)13-18/h8-10,13H,3-7,11-12,14-16H2,1-2H3. The van der Waals surface area contributed by atoms with Crippen molar-refractivity contribution >= 4 is 35.0 Å². The van der Waals surface area contributed by atoms with E-state index in [9.17, 15) is 14.4 Å². The Hall–Kier alpha value is -2.08. The SMILES string of the molecule is CCCCCCC(=O)N(CCC)CC(=O)N1CC(=O)N(c2cccc(Cl)c2)C1. The van der Waals surface area contributed by atoms with Gasteiger partial charge in [-0.2, -0.15) is 0 Å². The van der Waals surface area contributed by atoms with Crippen molar-refractivity contribution in [3.63, 3.8) is 0 Å². The van der Waals surface area contributed by atoms with Crippen LogP contribution in [0.1, 0.15) is 52.4 Å². The van der Waals surface area contributed by atoms with Crippen LogP contribution in [0.4, 0.5) is 5.69 Å². The first-order chi connectivity index (χ1) is 13.5. The molecule has 1 saturated heterocycles. The zero-order valence-corrected chi connectivity index (χ0v) is 17.6. The fourth-order valence-corrected chi connectivity index (χ4v) is 3.46. The van der Waals surface area contributed by atoms with Gasteiger partial charge in [-0.15, -0.1) is 0 Å². The van der Waals surface area contributed by atoms with E-state index in [0.29, 0.717) is 23.7 Å². The van der Waals surface area contributed by atoms with Crippen molar-refractivity contribution in [1.29, 1.82) is 0 Å². The van der Waals surface area contributed by atoms with Gasteiger partial charge < -0.3 is 9.80 Å². The van der Waals surface area contributed by atoms with Gasteiger partial charge in [-0.1, -0.05) is 50.8 Å². The highest BCUT2D eigenvalue weighted by Gasteiger charge is 2.32. The maximum absolute atomic E-state index is 12.7. The summed E-state index contributed by atoms with van der Waals surface area (Å²) >= 11 is 6.01. The first-order valence-electron chi connectivity index (χ1n) is 10.1. The molecule has 1 aliphatic heterocycles. The van der Waals surface area contributed by atoms with Crippen molar-refractivity contribution < 1.29 is 14.4 Å². The zero-order valence-electron chi connectivity index (χ0n) is 16.8. The Morgan fingerprint density at radius 2 is 1.93 bits per heavy atom. The van der Waals surface area contributed by atoms with Gasteiger partial charge in [-0.3, -0.25) is 19.3 Å². The van der Waals surface area contributed by atoms with E-state index in [1.54, 1.807) is 34.1 Å². The predicted octanol–water partition coefficient (Wildman–Crippen LogP) is 3.68. The highest BCUT2D eigenvalue weighted by Crippen LogP contribution is 2.23. The first kappa shape index (κ1) is 22.2. The van der Waals surface area contributed by atoms with Crippen LogP contribution in [0.2, 0.25) is 5.02 Å². The molecule has 0 aliphatic carbocycles. The van der Waals surface area contributed by atoms with E-state index < -0.39 is 0 Å². The lowest BCUT2D eigenvalue weighted by molar-refractivity contribution is -0.140. The summed E-state index contributed by atoms with van der Waals surface area (Å²) in [7, 11) is 0. The zero-order chi connectivity index (χ0) is 20.5. The normalized spacial score (nSPS) is 13.9. The molecule has 2 rings (SSSR count). The average Bonchev–Trinajstić information content (AvgIpc) is 3.06. The minimum Gasteiger partial charge on any atom is -0.333 e. The molecule has 154 valence electrons. The molecule has 3 amide bonds. The first-order valence-corrected chi connectivity index (χ1v) is 10.5. The lowest BCUT2D eigenvalue weighted by atomic mass is 10.1. The van der Waals surface area contributed by atoms with Crippen LogP contribution in [-0.4, -0.2) is 53.8 Å². The van der Waals surface area contributed by atoms with Crippen LogP contribution in [0.5, 0.6) is 0 Å². The van der Waals surface area contributed by atoms with E-state index in [1.165, 1.54) is 4.90 Å². The van der Waals surface area contributed by atoms with Crippen LogP contribution in [-0.2, 0) is 14.4 Å². The lowest BCUT2D eigenvalue weighted by Gasteiger charge is -2.25. The third kappa shape index (κ3) is 6.23. The molecule has 1 aromatic carbocycles. The second-order valence-corrected chi connectivity index (χ2v) is 7.60. The maximum Gasteiger partial charge on any atom is 0.248 e. The van der Waals surface area contributed by atoms with Crippen LogP contribution in [0, 0.1) is 0 Å². The number of nitrogens with zero attached hydrogens (tertiary/aromatic N) is 3. The Balaban J connectivity index is 1.94. The van der Waals surface area contributed by atoms with Gasteiger partial charge in [0.1, 0.15) is 13.2 Å². The van der Waals surface area contributed by atoms with Crippen molar-refractivity contribution in [1.82, 2.24) is 9.80 Å². The number of halogens is 1. The molecule has 0 atom stereocenters. The highest BCUT2D eigenvalue weighted by molar-refractivity contribution is 6.31. The molecule has 0 saturated carbocycles. The number of rotatable bonds is 10. The van der Waals surface area contributed by atoms with E-state index in [-0.39, 0.29) is 37.5 Å².